The van der Waals surface area contributed by atoms with Crippen LogP contribution in [0.3, 0.4) is 0 Å². The monoisotopic (exact) mass is 407 g/mol. The molecule has 6 nitrogen and oxygen atoms in total. The molecule has 1 saturated heterocycles. The zero-order valence-corrected chi connectivity index (χ0v) is 16.3. The molecule has 0 bridgehead atoms. The van der Waals surface area contributed by atoms with Crippen LogP contribution in [0, 0.1) is 11.7 Å². The van der Waals surface area contributed by atoms with Crippen molar-refractivity contribution in [1.82, 2.24) is 4.31 Å². The first-order valence-corrected chi connectivity index (χ1v) is 10.4. The molecule has 1 heterocycles. The summed E-state index contributed by atoms with van der Waals surface area (Å²) in [5.74, 6) is -0.796. The molecule has 0 N–H and O–H groups in total. The number of piperidine rings is 1. The number of methoxy groups -OCH3 is 1. The number of rotatable bonds is 6. The molecule has 1 fully saturated rings. The van der Waals surface area contributed by atoms with Crippen molar-refractivity contribution in [2.75, 3.05) is 20.2 Å². The van der Waals surface area contributed by atoms with Gasteiger partial charge in [0, 0.05) is 13.1 Å². The first-order chi connectivity index (χ1) is 13.4. The van der Waals surface area contributed by atoms with E-state index in [9.17, 15) is 17.6 Å². The van der Waals surface area contributed by atoms with Gasteiger partial charge in [-0.25, -0.2) is 12.8 Å². The molecule has 1 unspecified atom stereocenters. The average Bonchev–Trinajstić information content (AvgIpc) is 2.72. The summed E-state index contributed by atoms with van der Waals surface area (Å²) in [6.07, 6.45) is 1.12. The van der Waals surface area contributed by atoms with Gasteiger partial charge in [0.1, 0.15) is 18.2 Å². The van der Waals surface area contributed by atoms with Gasteiger partial charge < -0.3 is 9.47 Å². The van der Waals surface area contributed by atoms with Crippen molar-refractivity contribution in [3.63, 3.8) is 0 Å². The minimum atomic E-state index is -3.78. The summed E-state index contributed by atoms with van der Waals surface area (Å²) in [6, 6.07) is 11.9. The molecule has 1 aliphatic rings. The van der Waals surface area contributed by atoms with Crippen molar-refractivity contribution in [2.24, 2.45) is 5.92 Å². The minimum Gasteiger partial charge on any atom is -0.497 e. The second-order valence-corrected chi connectivity index (χ2v) is 8.55. The van der Waals surface area contributed by atoms with E-state index in [1.165, 1.54) is 16.4 Å². The zero-order valence-electron chi connectivity index (χ0n) is 15.5. The van der Waals surface area contributed by atoms with E-state index in [1.807, 2.05) is 6.07 Å². The van der Waals surface area contributed by atoms with Gasteiger partial charge in [0.25, 0.3) is 0 Å². The quantitative estimate of drug-likeness (QED) is 0.689. The number of ether oxygens (including phenoxy) is 2. The number of carbonyl (C=O) groups is 1. The fourth-order valence-electron chi connectivity index (χ4n) is 3.14. The summed E-state index contributed by atoms with van der Waals surface area (Å²) in [6.45, 7) is 0.466. The Morgan fingerprint density at radius 3 is 2.68 bits per heavy atom. The van der Waals surface area contributed by atoms with Crippen molar-refractivity contribution >= 4 is 16.0 Å². The van der Waals surface area contributed by atoms with E-state index in [4.69, 9.17) is 9.47 Å². The number of halogens is 1. The van der Waals surface area contributed by atoms with E-state index in [0.717, 1.165) is 17.7 Å². The Morgan fingerprint density at radius 1 is 1.21 bits per heavy atom. The van der Waals surface area contributed by atoms with Crippen molar-refractivity contribution in [1.29, 1.82) is 0 Å². The van der Waals surface area contributed by atoms with Crippen LogP contribution in [-0.2, 0) is 26.2 Å². The zero-order chi connectivity index (χ0) is 20.1. The van der Waals surface area contributed by atoms with E-state index in [2.05, 4.69) is 0 Å². The summed E-state index contributed by atoms with van der Waals surface area (Å²) in [5, 5.41) is 0. The summed E-state index contributed by atoms with van der Waals surface area (Å²) < 4.78 is 50.4. The van der Waals surface area contributed by atoms with Gasteiger partial charge in [0.2, 0.25) is 10.0 Å². The van der Waals surface area contributed by atoms with Gasteiger partial charge >= 0.3 is 5.97 Å². The highest BCUT2D eigenvalue weighted by Crippen LogP contribution is 2.25. The number of nitrogens with zero attached hydrogens (tertiary/aromatic N) is 1. The predicted molar refractivity (Wildman–Crippen MR) is 101 cm³/mol. The lowest BCUT2D eigenvalue weighted by Gasteiger charge is -2.30. The molecule has 0 radical (unpaired) electrons. The standard InChI is InChI=1S/C20H22FNO5S/c1-26-18-6-2-4-15(12-18)14-27-20(23)16-5-3-11-22(13-16)28(24,25)19-9-7-17(21)8-10-19/h2,4,6-10,12,16H,3,5,11,13-14H2,1H3. The maximum absolute atomic E-state index is 13.1. The minimum absolute atomic E-state index is 0.0132. The Labute approximate surface area is 163 Å². The molecular formula is C20H22FNO5S. The van der Waals surface area contributed by atoms with Gasteiger partial charge in [-0.05, 0) is 54.8 Å². The van der Waals surface area contributed by atoms with Crippen LogP contribution in [0.1, 0.15) is 18.4 Å². The van der Waals surface area contributed by atoms with E-state index < -0.39 is 27.7 Å². The SMILES string of the molecule is COc1cccc(COC(=O)C2CCCN(S(=O)(=O)c3ccc(F)cc3)C2)c1. The maximum atomic E-state index is 13.1. The molecule has 0 aliphatic carbocycles. The van der Waals surface area contributed by atoms with Crippen LogP contribution in [-0.4, -0.2) is 38.9 Å². The van der Waals surface area contributed by atoms with Crippen molar-refractivity contribution < 1.29 is 27.1 Å². The molecule has 0 spiro atoms. The number of benzene rings is 2. The van der Waals surface area contributed by atoms with E-state index in [1.54, 1.807) is 25.3 Å². The van der Waals surface area contributed by atoms with Gasteiger partial charge in [-0.1, -0.05) is 12.1 Å². The molecule has 1 atom stereocenters. The van der Waals surface area contributed by atoms with E-state index in [0.29, 0.717) is 25.1 Å². The highest BCUT2D eigenvalue weighted by molar-refractivity contribution is 7.89. The van der Waals surface area contributed by atoms with Crippen LogP contribution in [0.4, 0.5) is 4.39 Å². The molecule has 0 aromatic heterocycles. The molecule has 3 rings (SSSR count). The lowest BCUT2D eigenvalue weighted by atomic mass is 10.00. The fourth-order valence-corrected chi connectivity index (χ4v) is 4.67. The third-order valence-corrected chi connectivity index (χ3v) is 6.56. The van der Waals surface area contributed by atoms with Crippen LogP contribution in [0.2, 0.25) is 0 Å². The van der Waals surface area contributed by atoms with E-state index in [-0.39, 0.29) is 18.0 Å². The largest absolute Gasteiger partial charge is 0.497 e. The highest BCUT2D eigenvalue weighted by Gasteiger charge is 2.34. The van der Waals surface area contributed by atoms with Gasteiger partial charge in [0.15, 0.2) is 0 Å². The number of sulfonamides is 1. The van der Waals surface area contributed by atoms with Gasteiger partial charge in [-0.3, -0.25) is 4.79 Å². The summed E-state index contributed by atoms with van der Waals surface area (Å²) in [4.78, 5) is 12.5. The van der Waals surface area contributed by atoms with Crippen molar-refractivity contribution in [2.45, 2.75) is 24.3 Å². The van der Waals surface area contributed by atoms with Crippen LogP contribution in [0.15, 0.2) is 53.4 Å². The number of carbonyl (C=O) groups excluding carboxylic acids is 1. The van der Waals surface area contributed by atoms with E-state index >= 15 is 0 Å². The van der Waals surface area contributed by atoms with Crippen LogP contribution in [0.25, 0.3) is 0 Å². The first kappa shape index (κ1) is 20.3. The molecule has 8 heteroatoms. The summed E-state index contributed by atoms with van der Waals surface area (Å²) >= 11 is 0. The summed E-state index contributed by atoms with van der Waals surface area (Å²) in [5.41, 5.74) is 0.791. The molecule has 2 aromatic carbocycles. The third kappa shape index (κ3) is 4.69. The maximum Gasteiger partial charge on any atom is 0.310 e. The molecule has 2 aromatic rings. The number of esters is 1. The van der Waals surface area contributed by atoms with Crippen molar-refractivity contribution in [3.8, 4) is 5.75 Å². The topological polar surface area (TPSA) is 72.9 Å². The van der Waals surface area contributed by atoms with Crippen LogP contribution < -0.4 is 4.74 Å². The fraction of sp³-hybridized carbons (Fsp3) is 0.350. The molecule has 0 amide bonds. The Morgan fingerprint density at radius 2 is 1.96 bits per heavy atom. The predicted octanol–water partition coefficient (Wildman–Crippen LogP) is 2.98. The first-order valence-electron chi connectivity index (χ1n) is 8.95. The average molecular weight is 407 g/mol. The number of hydrogen-bond donors (Lipinski definition) is 0. The van der Waals surface area contributed by atoms with Crippen LogP contribution >= 0.6 is 0 Å². The lowest BCUT2D eigenvalue weighted by Crippen LogP contribution is -2.42. The molecule has 1 aliphatic heterocycles. The smallest absolute Gasteiger partial charge is 0.310 e. The van der Waals surface area contributed by atoms with Crippen molar-refractivity contribution in [3.05, 3.63) is 59.9 Å². The normalized spacial score (nSPS) is 17.9. The Hall–Kier alpha value is -2.45. The van der Waals surface area contributed by atoms with Gasteiger partial charge in [0.05, 0.1) is 17.9 Å². The lowest BCUT2D eigenvalue weighted by molar-refractivity contribution is -0.151. The Balaban J connectivity index is 1.63. The van der Waals surface area contributed by atoms with Gasteiger partial charge in [-0.2, -0.15) is 4.31 Å². The van der Waals surface area contributed by atoms with Crippen LogP contribution in [0.5, 0.6) is 5.75 Å². The van der Waals surface area contributed by atoms with Gasteiger partial charge in [-0.15, -0.1) is 0 Å². The Bertz CT molecular complexity index is 930. The number of hydrogen-bond acceptors (Lipinski definition) is 5. The second kappa shape index (κ2) is 8.70. The highest BCUT2D eigenvalue weighted by atomic mass is 32.2. The molecule has 0 saturated carbocycles. The summed E-state index contributed by atoms with van der Waals surface area (Å²) in [7, 11) is -2.22. The second-order valence-electron chi connectivity index (χ2n) is 6.62. The molecule has 150 valence electrons. The molecular weight excluding hydrogens is 385 g/mol. The molecule has 28 heavy (non-hydrogen) atoms. The Kier molecular flexibility index (Phi) is 6.31. The third-order valence-electron chi connectivity index (χ3n) is 4.68.